The number of benzene rings is 2. The Morgan fingerprint density at radius 2 is 1.68 bits per heavy atom. The molecule has 3 rings (SSSR count). The molecule has 3 aromatic rings. The quantitative estimate of drug-likeness (QED) is 0.502. The van der Waals surface area contributed by atoms with Gasteiger partial charge in [0.25, 0.3) is 5.91 Å². The summed E-state index contributed by atoms with van der Waals surface area (Å²) in [4.78, 5) is 16.5. The first-order chi connectivity index (χ1) is 13.6. The molecule has 1 aromatic heterocycles. The van der Waals surface area contributed by atoms with Gasteiger partial charge in [-0.2, -0.15) is 5.10 Å². The zero-order valence-electron chi connectivity index (χ0n) is 15.3. The first kappa shape index (κ1) is 19.4. The number of halogens is 1. The monoisotopic (exact) mass is 395 g/mol. The topological polar surface area (TPSA) is 72.8 Å². The highest BCUT2D eigenvalue weighted by molar-refractivity contribution is 6.30. The Labute approximate surface area is 167 Å². The van der Waals surface area contributed by atoms with Crippen LogP contribution in [0, 0.1) is 0 Å². The van der Waals surface area contributed by atoms with Crippen molar-refractivity contribution in [2.75, 3.05) is 14.2 Å². The summed E-state index contributed by atoms with van der Waals surface area (Å²) in [5.74, 6) is 0.897. The number of nitrogens with one attached hydrogen (secondary N) is 1. The largest absolute Gasteiger partial charge is 0.497 e. The van der Waals surface area contributed by atoms with E-state index in [1.807, 2.05) is 12.1 Å². The molecule has 1 N–H and O–H groups in total. The number of aromatic nitrogens is 1. The number of rotatable bonds is 6. The number of hydrazone groups is 1. The molecule has 7 heteroatoms. The van der Waals surface area contributed by atoms with Crippen molar-refractivity contribution >= 4 is 23.7 Å². The number of pyridine rings is 1. The fourth-order valence-corrected chi connectivity index (χ4v) is 2.62. The standard InChI is InChI=1S/C21H18ClN3O3/c1-27-19-7-14(8-20(10-19)28-2)11-24-25-21(26)17-9-16(12-23-13-17)15-3-5-18(22)6-4-15/h3-13H,1-2H3,(H,25,26). The highest BCUT2D eigenvalue weighted by Crippen LogP contribution is 2.22. The molecule has 0 bridgehead atoms. The normalized spacial score (nSPS) is 10.7. The van der Waals surface area contributed by atoms with E-state index >= 15 is 0 Å². The van der Waals surface area contributed by atoms with Crippen molar-refractivity contribution in [1.82, 2.24) is 10.4 Å². The molecule has 0 unspecified atom stereocenters. The molecule has 0 spiro atoms. The fourth-order valence-electron chi connectivity index (χ4n) is 2.50. The Bertz CT molecular complexity index is 982. The van der Waals surface area contributed by atoms with Crippen LogP contribution in [0.3, 0.4) is 0 Å². The van der Waals surface area contributed by atoms with Gasteiger partial charge in [-0.05, 0) is 35.9 Å². The van der Waals surface area contributed by atoms with Gasteiger partial charge >= 0.3 is 0 Å². The van der Waals surface area contributed by atoms with Crippen LogP contribution in [0.5, 0.6) is 11.5 Å². The molecule has 28 heavy (non-hydrogen) atoms. The summed E-state index contributed by atoms with van der Waals surface area (Å²) < 4.78 is 10.4. The van der Waals surface area contributed by atoms with Crippen molar-refractivity contribution in [1.29, 1.82) is 0 Å². The minimum absolute atomic E-state index is 0.366. The lowest BCUT2D eigenvalue weighted by molar-refractivity contribution is 0.0955. The van der Waals surface area contributed by atoms with E-state index in [-0.39, 0.29) is 5.91 Å². The van der Waals surface area contributed by atoms with Crippen molar-refractivity contribution in [3.8, 4) is 22.6 Å². The molecule has 0 aliphatic rings. The van der Waals surface area contributed by atoms with Crippen LogP contribution in [-0.2, 0) is 0 Å². The first-order valence-corrected chi connectivity index (χ1v) is 8.74. The number of ether oxygens (including phenoxy) is 2. The van der Waals surface area contributed by atoms with Gasteiger partial charge in [-0.25, -0.2) is 5.43 Å². The highest BCUT2D eigenvalue weighted by atomic mass is 35.5. The van der Waals surface area contributed by atoms with E-state index in [4.69, 9.17) is 21.1 Å². The van der Waals surface area contributed by atoms with E-state index in [1.54, 1.807) is 56.8 Å². The maximum Gasteiger partial charge on any atom is 0.272 e. The molecule has 0 aliphatic carbocycles. The molecule has 6 nitrogen and oxygen atoms in total. The predicted octanol–water partition coefficient (Wildman–Crippen LogP) is 4.18. The number of hydrogen-bond acceptors (Lipinski definition) is 5. The van der Waals surface area contributed by atoms with Gasteiger partial charge in [-0.1, -0.05) is 23.7 Å². The lowest BCUT2D eigenvalue weighted by Crippen LogP contribution is -2.17. The molecular formula is C21H18ClN3O3. The number of hydrogen-bond donors (Lipinski definition) is 1. The second-order valence-electron chi connectivity index (χ2n) is 5.81. The Morgan fingerprint density at radius 1 is 1.00 bits per heavy atom. The van der Waals surface area contributed by atoms with Crippen LogP contribution in [-0.4, -0.2) is 31.3 Å². The van der Waals surface area contributed by atoms with Gasteiger partial charge < -0.3 is 9.47 Å². The summed E-state index contributed by atoms with van der Waals surface area (Å²) in [6.45, 7) is 0. The summed E-state index contributed by atoms with van der Waals surface area (Å²) in [5.41, 5.74) is 5.35. The molecule has 2 aromatic carbocycles. The Balaban J connectivity index is 1.72. The van der Waals surface area contributed by atoms with Gasteiger partial charge in [0.05, 0.1) is 26.0 Å². The molecule has 0 radical (unpaired) electrons. The van der Waals surface area contributed by atoms with E-state index < -0.39 is 0 Å². The molecule has 1 amide bonds. The van der Waals surface area contributed by atoms with Crippen molar-refractivity contribution in [3.63, 3.8) is 0 Å². The van der Waals surface area contributed by atoms with Crippen LogP contribution in [0.25, 0.3) is 11.1 Å². The summed E-state index contributed by atoms with van der Waals surface area (Å²) in [6, 6.07) is 14.4. The average Bonchev–Trinajstić information content (AvgIpc) is 2.74. The van der Waals surface area contributed by atoms with E-state index in [0.29, 0.717) is 22.1 Å². The zero-order valence-corrected chi connectivity index (χ0v) is 16.1. The number of amides is 1. The number of nitrogens with zero attached hydrogens (tertiary/aromatic N) is 2. The molecule has 0 aliphatic heterocycles. The van der Waals surface area contributed by atoms with E-state index in [1.165, 1.54) is 12.4 Å². The second-order valence-corrected chi connectivity index (χ2v) is 6.25. The molecule has 0 fully saturated rings. The minimum Gasteiger partial charge on any atom is -0.497 e. The van der Waals surface area contributed by atoms with Crippen LogP contribution < -0.4 is 14.9 Å². The van der Waals surface area contributed by atoms with Crippen molar-refractivity contribution in [2.45, 2.75) is 0 Å². The van der Waals surface area contributed by atoms with Crippen LogP contribution in [0.15, 0.2) is 66.0 Å². The maximum absolute atomic E-state index is 12.4. The smallest absolute Gasteiger partial charge is 0.272 e. The van der Waals surface area contributed by atoms with Gasteiger partial charge in [0.1, 0.15) is 11.5 Å². The third-order valence-electron chi connectivity index (χ3n) is 3.93. The zero-order chi connectivity index (χ0) is 19.9. The lowest BCUT2D eigenvalue weighted by atomic mass is 10.1. The van der Waals surface area contributed by atoms with Crippen LogP contribution in [0.4, 0.5) is 0 Å². The molecule has 0 saturated heterocycles. The van der Waals surface area contributed by atoms with E-state index in [0.717, 1.165) is 16.7 Å². The van der Waals surface area contributed by atoms with Gasteiger partial charge in [0.15, 0.2) is 0 Å². The van der Waals surface area contributed by atoms with E-state index in [2.05, 4.69) is 15.5 Å². The van der Waals surface area contributed by atoms with Crippen LogP contribution >= 0.6 is 11.6 Å². The number of methoxy groups -OCH3 is 2. The van der Waals surface area contributed by atoms with Gasteiger partial charge in [0, 0.05) is 34.6 Å². The average molecular weight is 396 g/mol. The Morgan fingerprint density at radius 3 is 2.32 bits per heavy atom. The molecule has 0 saturated carbocycles. The molecular weight excluding hydrogens is 378 g/mol. The SMILES string of the molecule is COc1cc(C=NNC(=O)c2cncc(-c3ccc(Cl)cc3)c2)cc(OC)c1. The predicted molar refractivity (Wildman–Crippen MR) is 109 cm³/mol. The van der Waals surface area contributed by atoms with Gasteiger partial charge in [-0.3, -0.25) is 9.78 Å². The lowest BCUT2D eigenvalue weighted by Gasteiger charge is -2.06. The molecule has 0 atom stereocenters. The second kappa shape index (κ2) is 9.01. The number of carbonyl (C=O) groups excluding carboxylic acids is 1. The van der Waals surface area contributed by atoms with Crippen molar-refractivity contribution in [3.05, 3.63) is 77.1 Å². The summed E-state index contributed by atoms with van der Waals surface area (Å²) in [6.07, 6.45) is 4.68. The van der Waals surface area contributed by atoms with Crippen LogP contribution in [0.1, 0.15) is 15.9 Å². The van der Waals surface area contributed by atoms with Gasteiger partial charge in [0.2, 0.25) is 0 Å². The third-order valence-corrected chi connectivity index (χ3v) is 4.18. The summed E-state index contributed by atoms with van der Waals surface area (Å²) in [5, 5.41) is 4.65. The molecule has 142 valence electrons. The first-order valence-electron chi connectivity index (χ1n) is 8.36. The Kier molecular flexibility index (Phi) is 6.24. The fraction of sp³-hybridized carbons (Fsp3) is 0.0952. The number of carbonyl (C=O) groups is 1. The Hall–Kier alpha value is -3.38. The minimum atomic E-state index is -0.366. The van der Waals surface area contributed by atoms with Crippen molar-refractivity contribution < 1.29 is 14.3 Å². The third kappa shape index (κ3) is 4.86. The summed E-state index contributed by atoms with van der Waals surface area (Å²) in [7, 11) is 3.14. The van der Waals surface area contributed by atoms with Crippen LogP contribution in [0.2, 0.25) is 5.02 Å². The van der Waals surface area contributed by atoms with Gasteiger partial charge in [-0.15, -0.1) is 0 Å². The molecule has 1 heterocycles. The maximum atomic E-state index is 12.4. The van der Waals surface area contributed by atoms with Crippen molar-refractivity contribution in [2.24, 2.45) is 5.10 Å². The van der Waals surface area contributed by atoms with E-state index in [9.17, 15) is 4.79 Å². The summed E-state index contributed by atoms with van der Waals surface area (Å²) >= 11 is 5.92. The highest BCUT2D eigenvalue weighted by Gasteiger charge is 2.07.